The predicted octanol–water partition coefficient (Wildman–Crippen LogP) is 0.138. The largest absolute Gasteiger partial charge is 0.463 e. The van der Waals surface area contributed by atoms with Crippen LogP contribution in [0.2, 0.25) is 0 Å². The maximum absolute atomic E-state index is 10.9. The Hall–Kier alpha value is -1.72. The van der Waals surface area contributed by atoms with Crippen LogP contribution in [0.15, 0.2) is 11.8 Å². The summed E-state index contributed by atoms with van der Waals surface area (Å²) in [5.74, 6) is -0.547. The molecule has 0 saturated carbocycles. The van der Waals surface area contributed by atoms with E-state index >= 15 is 0 Å². The van der Waals surface area contributed by atoms with Crippen LogP contribution in [-0.4, -0.2) is 31.8 Å². The van der Waals surface area contributed by atoms with E-state index in [0.29, 0.717) is 6.54 Å². The highest BCUT2D eigenvalue weighted by molar-refractivity contribution is 5.82. The first-order valence-electron chi connectivity index (χ1n) is 4.63. The number of carbonyl (C=O) groups excluding carboxylic acids is 2. The molecule has 0 aliphatic heterocycles. The summed E-state index contributed by atoms with van der Waals surface area (Å²) in [5.41, 5.74) is 5.54. The van der Waals surface area contributed by atoms with Crippen LogP contribution in [0.4, 0.5) is 4.79 Å². The van der Waals surface area contributed by atoms with Gasteiger partial charge >= 0.3 is 12.1 Å². The van der Waals surface area contributed by atoms with E-state index in [2.05, 4.69) is 14.8 Å². The van der Waals surface area contributed by atoms with E-state index in [-0.39, 0.29) is 18.9 Å². The summed E-state index contributed by atoms with van der Waals surface area (Å²) in [4.78, 5) is 21.7. The minimum absolute atomic E-state index is 0.134. The Balaban J connectivity index is 3.86. The number of amides is 1. The second kappa shape index (κ2) is 7.66. The number of hydrogen-bond acceptors (Lipinski definition) is 5. The smallest absolute Gasteiger partial charge is 0.407 e. The van der Waals surface area contributed by atoms with Crippen molar-refractivity contribution in [3.05, 3.63) is 11.8 Å². The average molecular weight is 216 g/mol. The van der Waals surface area contributed by atoms with Gasteiger partial charge < -0.3 is 20.5 Å². The molecular formula is C9H16N2O4. The summed E-state index contributed by atoms with van der Waals surface area (Å²) in [6.45, 7) is 4.07. The van der Waals surface area contributed by atoms with Gasteiger partial charge in [0.05, 0.1) is 12.3 Å². The van der Waals surface area contributed by atoms with Gasteiger partial charge in [-0.3, -0.25) is 0 Å². The first-order chi connectivity index (χ1) is 7.10. The minimum Gasteiger partial charge on any atom is -0.463 e. The van der Waals surface area contributed by atoms with Gasteiger partial charge in [0.2, 0.25) is 0 Å². The van der Waals surface area contributed by atoms with Gasteiger partial charge in [-0.15, -0.1) is 0 Å². The molecule has 0 aromatic carbocycles. The van der Waals surface area contributed by atoms with Crippen molar-refractivity contribution in [1.82, 2.24) is 5.32 Å². The fourth-order valence-electron chi connectivity index (χ4n) is 0.721. The van der Waals surface area contributed by atoms with Crippen molar-refractivity contribution in [1.29, 1.82) is 0 Å². The van der Waals surface area contributed by atoms with Crippen LogP contribution in [0.3, 0.4) is 0 Å². The van der Waals surface area contributed by atoms with Crippen LogP contribution in [0.1, 0.15) is 13.8 Å². The third-order valence-electron chi connectivity index (χ3n) is 1.28. The Morgan fingerprint density at radius 2 is 2.00 bits per heavy atom. The molecule has 0 aliphatic rings. The maximum Gasteiger partial charge on any atom is 0.407 e. The quantitative estimate of drug-likeness (QED) is 0.504. The predicted molar refractivity (Wildman–Crippen MR) is 53.9 cm³/mol. The third-order valence-corrected chi connectivity index (χ3v) is 1.28. The normalized spacial score (nSPS) is 10.7. The van der Waals surface area contributed by atoms with Gasteiger partial charge in [0.25, 0.3) is 0 Å². The molecule has 0 heterocycles. The molecule has 6 heteroatoms. The Kier molecular flexibility index (Phi) is 6.78. The first-order valence-corrected chi connectivity index (χ1v) is 4.63. The molecule has 0 fully saturated rings. The summed E-state index contributed by atoms with van der Waals surface area (Å²) in [6.07, 6.45) is 0.514. The van der Waals surface area contributed by atoms with E-state index < -0.39 is 12.1 Å². The molecule has 0 unspecified atom stereocenters. The topological polar surface area (TPSA) is 90.6 Å². The summed E-state index contributed by atoms with van der Waals surface area (Å²) in [7, 11) is 0. The number of nitrogens with two attached hydrogens (primary N) is 1. The van der Waals surface area contributed by atoms with Crippen molar-refractivity contribution >= 4 is 12.1 Å². The van der Waals surface area contributed by atoms with Gasteiger partial charge in [-0.25, -0.2) is 9.59 Å². The zero-order chi connectivity index (χ0) is 11.7. The fraction of sp³-hybridized carbons (Fsp3) is 0.556. The molecule has 0 spiro atoms. The van der Waals surface area contributed by atoms with E-state index in [0.717, 1.165) is 6.08 Å². The number of hydrogen-bond donors (Lipinski definition) is 2. The molecule has 3 N–H and O–H groups in total. The lowest BCUT2D eigenvalue weighted by molar-refractivity contribution is -0.137. The second-order valence-electron chi connectivity index (χ2n) is 2.58. The van der Waals surface area contributed by atoms with Gasteiger partial charge in [-0.2, -0.15) is 0 Å². The highest BCUT2D eigenvalue weighted by atomic mass is 16.5. The third kappa shape index (κ3) is 7.36. The maximum atomic E-state index is 10.9. The van der Waals surface area contributed by atoms with Crippen LogP contribution < -0.4 is 11.1 Å². The molecule has 0 aromatic rings. The Morgan fingerprint density at radius 1 is 1.33 bits per heavy atom. The molecule has 0 atom stereocenters. The molecule has 6 nitrogen and oxygen atoms in total. The Bertz CT molecular complexity index is 250. The zero-order valence-electron chi connectivity index (χ0n) is 8.91. The summed E-state index contributed by atoms with van der Waals surface area (Å²) in [5, 5.41) is 2.42. The number of ether oxygens (including phenoxy) is 2. The van der Waals surface area contributed by atoms with E-state index in [1.807, 2.05) is 0 Å². The van der Waals surface area contributed by atoms with E-state index in [1.54, 1.807) is 13.8 Å². The first kappa shape index (κ1) is 13.3. The van der Waals surface area contributed by atoms with E-state index in [4.69, 9.17) is 5.73 Å². The number of rotatable bonds is 5. The van der Waals surface area contributed by atoms with Gasteiger partial charge in [0, 0.05) is 12.6 Å². The van der Waals surface area contributed by atoms with Crippen LogP contribution >= 0.6 is 0 Å². The zero-order valence-corrected chi connectivity index (χ0v) is 8.91. The second-order valence-corrected chi connectivity index (χ2v) is 2.58. The van der Waals surface area contributed by atoms with Crippen molar-refractivity contribution in [2.75, 3.05) is 19.8 Å². The van der Waals surface area contributed by atoms with Gasteiger partial charge in [-0.1, -0.05) is 0 Å². The number of esters is 1. The Labute approximate surface area is 88.4 Å². The molecule has 0 radical (unpaired) electrons. The molecular weight excluding hydrogens is 200 g/mol. The molecule has 0 saturated heterocycles. The molecule has 0 aromatic heterocycles. The van der Waals surface area contributed by atoms with Crippen LogP contribution in [0.25, 0.3) is 0 Å². The SMILES string of the molecule is CCNC(=O)OC/C(N)=C/C(=O)OCC. The highest BCUT2D eigenvalue weighted by Gasteiger charge is 2.02. The van der Waals surface area contributed by atoms with Crippen molar-refractivity contribution in [2.24, 2.45) is 5.73 Å². The number of carbonyl (C=O) groups is 2. The lowest BCUT2D eigenvalue weighted by atomic mass is 10.4. The summed E-state index contributed by atoms with van der Waals surface area (Å²) >= 11 is 0. The monoisotopic (exact) mass is 216 g/mol. The van der Waals surface area contributed by atoms with Crippen molar-refractivity contribution in [3.63, 3.8) is 0 Å². The average Bonchev–Trinajstić information content (AvgIpc) is 2.15. The lowest BCUT2D eigenvalue weighted by Gasteiger charge is -2.05. The van der Waals surface area contributed by atoms with Crippen LogP contribution in [-0.2, 0) is 14.3 Å². The molecule has 0 rings (SSSR count). The van der Waals surface area contributed by atoms with Crippen LogP contribution in [0, 0.1) is 0 Å². The lowest BCUT2D eigenvalue weighted by Crippen LogP contribution is -2.25. The molecule has 86 valence electrons. The van der Waals surface area contributed by atoms with E-state index in [9.17, 15) is 9.59 Å². The van der Waals surface area contributed by atoms with Gasteiger partial charge in [0.1, 0.15) is 6.61 Å². The molecule has 15 heavy (non-hydrogen) atoms. The molecule has 0 aliphatic carbocycles. The van der Waals surface area contributed by atoms with Crippen molar-refractivity contribution in [2.45, 2.75) is 13.8 Å². The number of nitrogens with one attached hydrogen (secondary N) is 1. The Morgan fingerprint density at radius 3 is 2.53 bits per heavy atom. The summed E-state index contributed by atoms with van der Waals surface area (Å²) < 4.78 is 9.29. The van der Waals surface area contributed by atoms with E-state index in [1.165, 1.54) is 0 Å². The minimum atomic E-state index is -0.572. The number of alkyl carbamates (subject to hydrolysis) is 1. The molecule has 1 amide bonds. The molecule has 0 bridgehead atoms. The van der Waals surface area contributed by atoms with Gasteiger partial charge in [0.15, 0.2) is 0 Å². The van der Waals surface area contributed by atoms with Crippen LogP contribution in [0.5, 0.6) is 0 Å². The van der Waals surface area contributed by atoms with Crippen molar-refractivity contribution < 1.29 is 19.1 Å². The standard InChI is InChI=1S/C9H16N2O4/c1-3-11-9(13)15-6-7(10)5-8(12)14-4-2/h5H,3-4,6,10H2,1-2H3,(H,11,13)/b7-5-. The van der Waals surface area contributed by atoms with Crippen molar-refractivity contribution in [3.8, 4) is 0 Å². The summed E-state index contributed by atoms with van der Waals surface area (Å²) in [6, 6.07) is 0. The van der Waals surface area contributed by atoms with Gasteiger partial charge in [-0.05, 0) is 13.8 Å². The highest BCUT2D eigenvalue weighted by Crippen LogP contribution is 1.89. The fourth-order valence-corrected chi connectivity index (χ4v) is 0.721.